The first-order chi connectivity index (χ1) is 6.20. The second kappa shape index (κ2) is 3.05. The number of nitrogen functional groups attached to an aromatic ring is 1. The molecule has 13 heavy (non-hydrogen) atoms. The molecule has 66 valence electrons. The van der Waals surface area contributed by atoms with E-state index in [1.54, 1.807) is 6.07 Å². The van der Waals surface area contributed by atoms with Gasteiger partial charge in [0.1, 0.15) is 5.15 Å². The molecular formula is C9H6Cl2N2. The summed E-state index contributed by atoms with van der Waals surface area (Å²) in [7, 11) is 0. The van der Waals surface area contributed by atoms with Gasteiger partial charge in [-0.1, -0.05) is 35.3 Å². The number of aromatic nitrogens is 1. The van der Waals surface area contributed by atoms with Crippen molar-refractivity contribution in [1.29, 1.82) is 0 Å². The van der Waals surface area contributed by atoms with E-state index in [9.17, 15) is 0 Å². The Morgan fingerprint density at radius 2 is 2.00 bits per heavy atom. The number of fused-ring (bicyclic) bond motifs is 1. The number of nitrogens with two attached hydrogens (primary N) is 1. The maximum absolute atomic E-state index is 5.93. The third-order valence-corrected chi connectivity index (χ3v) is 2.44. The Morgan fingerprint density at radius 1 is 1.23 bits per heavy atom. The molecule has 1 heterocycles. The van der Waals surface area contributed by atoms with Gasteiger partial charge in [-0.25, -0.2) is 4.98 Å². The molecule has 0 radical (unpaired) electrons. The highest BCUT2D eigenvalue weighted by molar-refractivity contribution is 6.40. The average molecular weight is 213 g/mol. The first kappa shape index (κ1) is 8.60. The zero-order valence-electron chi connectivity index (χ0n) is 6.59. The summed E-state index contributed by atoms with van der Waals surface area (Å²) in [5, 5.41) is 2.50. The number of halogens is 2. The third kappa shape index (κ3) is 1.32. The minimum absolute atomic E-state index is 0.423. The predicted molar refractivity (Wildman–Crippen MR) is 56.2 cm³/mol. The summed E-state index contributed by atoms with van der Waals surface area (Å²) in [6.07, 6.45) is 1.50. The van der Waals surface area contributed by atoms with Crippen molar-refractivity contribution in [3.8, 4) is 0 Å². The molecule has 0 spiro atoms. The van der Waals surface area contributed by atoms with Crippen LogP contribution in [-0.2, 0) is 0 Å². The second-order valence-corrected chi connectivity index (χ2v) is 3.43. The fraction of sp³-hybridized carbons (Fsp3) is 0. The topological polar surface area (TPSA) is 38.9 Å². The van der Waals surface area contributed by atoms with E-state index in [-0.39, 0.29) is 0 Å². The van der Waals surface area contributed by atoms with Gasteiger partial charge >= 0.3 is 0 Å². The van der Waals surface area contributed by atoms with Gasteiger partial charge in [0, 0.05) is 22.7 Å². The molecule has 0 saturated heterocycles. The van der Waals surface area contributed by atoms with E-state index in [0.29, 0.717) is 15.9 Å². The number of nitrogens with zero attached hydrogens (tertiary/aromatic N) is 1. The lowest BCUT2D eigenvalue weighted by Crippen LogP contribution is -1.89. The van der Waals surface area contributed by atoms with Crippen LogP contribution in [-0.4, -0.2) is 4.98 Å². The monoisotopic (exact) mass is 212 g/mol. The molecule has 0 unspecified atom stereocenters. The maximum atomic E-state index is 5.93. The Labute approximate surface area is 85.3 Å². The molecule has 1 aromatic carbocycles. The summed E-state index contributed by atoms with van der Waals surface area (Å²) in [6, 6.07) is 5.44. The largest absolute Gasteiger partial charge is 0.398 e. The van der Waals surface area contributed by atoms with Crippen molar-refractivity contribution >= 4 is 39.7 Å². The van der Waals surface area contributed by atoms with Crippen molar-refractivity contribution < 1.29 is 0 Å². The van der Waals surface area contributed by atoms with Crippen LogP contribution in [0.3, 0.4) is 0 Å². The standard InChI is InChI=1S/C9H6Cl2N2/c10-6-4-13-9(11)5-2-1-3-7(12)8(5)6/h1-4H,12H2. The number of hydrogen-bond acceptors (Lipinski definition) is 2. The van der Waals surface area contributed by atoms with E-state index in [1.165, 1.54) is 6.20 Å². The van der Waals surface area contributed by atoms with Gasteiger partial charge in [0.15, 0.2) is 0 Å². The number of rotatable bonds is 0. The van der Waals surface area contributed by atoms with Gasteiger partial charge in [-0.2, -0.15) is 0 Å². The highest BCUT2D eigenvalue weighted by Gasteiger charge is 2.06. The molecule has 1 aromatic heterocycles. The predicted octanol–water partition coefficient (Wildman–Crippen LogP) is 3.12. The van der Waals surface area contributed by atoms with Gasteiger partial charge < -0.3 is 5.73 Å². The molecule has 0 aliphatic heterocycles. The summed E-state index contributed by atoms with van der Waals surface area (Å²) in [6.45, 7) is 0. The molecule has 0 aliphatic rings. The zero-order chi connectivity index (χ0) is 9.42. The van der Waals surface area contributed by atoms with Crippen molar-refractivity contribution in [3.05, 3.63) is 34.6 Å². The van der Waals surface area contributed by atoms with Gasteiger partial charge in [-0.05, 0) is 6.07 Å². The Bertz CT molecular complexity index is 460. The lowest BCUT2D eigenvalue weighted by Gasteiger charge is -2.04. The SMILES string of the molecule is Nc1cccc2c(Cl)ncc(Cl)c12. The van der Waals surface area contributed by atoms with Crippen LogP contribution in [0.15, 0.2) is 24.4 Å². The Kier molecular flexibility index (Phi) is 2.02. The highest BCUT2D eigenvalue weighted by Crippen LogP contribution is 2.31. The summed E-state index contributed by atoms with van der Waals surface area (Å²) in [5.41, 5.74) is 6.37. The van der Waals surface area contributed by atoms with E-state index < -0.39 is 0 Å². The molecule has 0 bridgehead atoms. The Hall–Kier alpha value is -0.990. The van der Waals surface area contributed by atoms with Crippen LogP contribution in [0.1, 0.15) is 0 Å². The van der Waals surface area contributed by atoms with E-state index in [0.717, 1.165) is 10.8 Å². The third-order valence-electron chi connectivity index (χ3n) is 1.85. The average Bonchev–Trinajstić information content (AvgIpc) is 2.12. The summed E-state index contributed by atoms with van der Waals surface area (Å²) >= 11 is 11.8. The molecule has 4 heteroatoms. The van der Waals surface area contributed by atoms with Crippen LogP contribution < -0.4 is 5.73 Å². The van der Waals surface area contributed by atoms with Gasteiger partial charge in [0.05, 0.1) is 5.02 Å². The molecule has 0 atom stereocenters. The molecule has 2 rings (SSSR count). The Balaban J connectivity index is 3.00. The smallest absolute Gasteiger partial charge is 0.137 e. The lowest BCUT2D eigenvalue weighted by atomic mass is 10.1. The van der Waals surface area contributed by atoms with Crippen LogP contribution in [0.5, 0.6) is 0 Å². The van der Waals surface area contributed by atoms with Gasteiger partial charge in [-0.3, -0.25) is 0 Å². The quantitative estimate of drug-likeness (QED) is 0.539. The van der Waals surface area contributed by atoms with Crippen LogP contribution in [0, 0.1) is 0 Å². The fourth-order valence-electron chi connectivity index (χ4n) is 1.26. The molecule has 0 saturated carbocycles. The van der Waals surface area contributed by atoms with Crippen LogP contribution >= 0.6 is 23.2 Å². The first-order valence-corrected chi connectivity index (χ1v) is 4.44. The molecule has 2 aromatic rings. The molecule has 2 nitrogen and oxygen atoms in total. The molecule has 0 aliphatic carbocycles. The van der Waals surface area contributed by atoms with Crippen molar-refractivity contribution in [3.63, 3.8) is 0 Å². The maximum Gasteiger partial charge on any atom is 0.137 e. The van der Waals surface area contributed by atoms with E-state index in [1.807, 2.05) is 12.1 Å². The van der Waals surface area contributed by atoms with E-state index in [2.05, 4.69) is 4.98 Å². The highest BCUT2D eigenvalue weighted by atomic mass is 35.5. The summed E-state index contributed by atoms with van der Waals surface area (Å²) in [5.74, 6) is 0. The molecule has 0 fully saturated rings. The zero-order valence-corrected chi connectivity index (χ0v) is 8.10. The van der Waals surface area contributed by atoms with Gasteiger partial charge in [-0.15, -0.1) is 0 Å². The normalized spacial score (nSPS) is 10.6. The minimum atomic E-state index is 0.423. The van der Waals surface area contributed by atoms with E-state index >= 15 is 0 Å². The molecular weight excluding hydrogens is 207 g/mol. The number of benzene rings is 1. The summed E-state index contributed by atoms with van der Waals surface area (Å²) < 4.78 is 0. The van der Waals surface area contributed by atoms with Crippen LogP contribution in [0.25, 0.3) is 10.8 Å². The summed E-state index contributed by atoms with van der Waals surface area (Å²) in [4.78, 5) is 3.93. The number of pyridine rings is 1. The number of hydrogen-bond donors (Lipinski definition) is 1. The first-order valence-electron chi connectivity index (χ1n) is 3.68. The molecule has 0 amide bonds. The second-order valence-electron chi connectivity index (χ2n) is 2.67. The van der Waals surface area contributed by atoms with Crippen molar-refractivity contribution in [1.82, 2.24) is 4.98 Å². The van der Waals surface area contributed by atoms with Crippen molar-refractivity contribution in [2.45, 2.75) is 0 Å². The van der Waals surface area contributed by atoms with Gasteiger partial charge in [0.2, 0.25) is 0 Å². The van der Waals surface area contributed by atoms with Crippen LogP contribution in [0.4, 0.5) is 5.69 Å². The Morgan fingerprint density at radius 3 is 2.69 bits per heavy atom. The number of anilines is 1. The van der Waals surface area contributed by atoms with Crippen molar-refractivity contribution in [2.75, 3.05) is 5.73 Å². The fourth-order valence-corrected chi connectivity index (χ4v) is 1.72. The lowest BCUT2D eigenvalue weighted by molar-refractivity contribution is 1.36. The van der Waals surface area contributed by atoms with Crippen molar-refractivity contribution in [2.24, 2.45) is 0 Å². The minimum Gasteiger partial charge on any atom is -0.398 e. The van der Waals surface area contributed by atoms with Crippen LogP contribution in [0.2, 0.25) is 10.2 Å². The van der Waals surface area contributed by atoms with E-state index in [4.69, 9.17) is 28.9 Å². The van der Waals surface area contributed by atoms with Gasteiger partial charge in [0.25, 0.3) is 0 Å². The molecule has 2 N–H and O–H groups in total.